The first-order valence-electron chi connectivity index (χ1n) is 18.0. The van der Waals surface area contributed by atoms with E-state index in [0.717, 1.165) is 38.6 Å². The minimum atomic E-state index is -1.36. The van der Waals surface area contributed by atoms with E-state index in [4.69, 9.17) is 25.6 Å². The molecular weight excluding hydrogens is 672 g/mol. The summed E-state index contributed by atoms with van der Waals surface area (Å²) >= 11 is 0. The summed E-state index contributed by atoms with van der Waals surface area (Å²) in [5.41, 5.74) is -1.97. The van der Waals surface area contributed by atoms with E-state index in [2.05, 4.69) is 20.8 Å². The van der Waals surface area contributed by atoms with Crippen LogP contribution in [-0.4, -0.2) is 106 Å². The van der Waals surface area contributed by atoms with E-state index in [1.165, 1.54) is 44.2 Å². The predicted molar refractivity (Wildman–Crippen MR) is 191 cm³/mol. The standard InChI is InChI=1S/C39H43F2N5O6/c1-4-26-28(40)11-8-22-15-24(48)16-27(30(22)26)33-32(41)34-31(36(42-33)50-3)35(45-17-25(18-47)51-20-38(2,49)19-45)44-37(43-34)52-21-39-12-5-7-29(39)46(14-6-13-39)23-9-10-23/h1,8,11,15-16,23,25,29,47-49H,5-7,9-10,12-14,17-21H2,2-3H3/t25-,29-,38+,39-/m1/s1. The summed E-state index contributed by atoms with van der Waals surface area (Å²) in [4.78, 5) is 18.4. The van der Waals surface area contributed by atoms with Gasteiger partial charge in [0, 0.05) is 35.0 Å². The van der Waals surface area contributed by atoms with E-state index in [1.54, 1.807) is 11.8 Å². The zero-order chi connectivity index (χ0) is 36.4. The molecule has 52 heavy (non-hydrogen) atoms. The maximum absolute atomic E-state index is 17.3. The second-order valence-corrected chi connectivity index (χ2v) is 15.1. The molecule has 2 aromatic carbocycles. The van der Waals surface area contributed by atoms with Gasteiger partial charge in [-0.15, -0.1) is 6.42 Å². The molecule has 2 aliphatic heterocycles. The highest BCUT2D eigenvalue weighted by Gasteiger charge is 2.51. The fourth-order valence-corrected chi connectivity index (χ4v) is 8.86. The maximum atomic E-state index is 17.3. The Kier molecular flexibility index (Phi) is 8.85. The Hall–Kier alpha value is -4.35. The van der Waals surface area contributed by atoms with Gasteiger partial charge in [-0.1, -0.05) is 18.4 Å². The second kappa shape index (κ2) is 13.3. The lowest BCUT2D eigenvalue weighted by molar-refractivity contribution is -0.0528. The highest BCUT2D eigenvalue weighted by Crippen LogP contribution is 2.51. The van der Waals surface area contributed by atoms with E-state index >= 15 is 8.78 Å². The smallest absolute Gasteiger partial charge is 0.319 e. The number of rotatable bonds is 8. The molecule has 0 bridgehead atoms. The number of benzene rings is 2. The van der Waals surface area contributed by atoms with E-state index < -0.39 is 23.3 Å². The number of aliphatic hydroxyl groups is 2. The summed E-state index contributed by atoms with van der Waals surface area (Å²) in [7, 11) is 1.37. The first-order chi connectivity index (χ1) is 25.0. The highest BCUT2D eigenvalue weighted by atomic mass is 19.1. The van der Waals surface area contributed by atoms with Crippen LogP contribution in [0.5, 0.6) is 17.6 Å². The Balaban J connectivity index is 1.31. The number of halogens is 2. The third-order valence-corrected chi connectivity index (χ3v) is 11.3. The molecule has 0 spiro atoms. The Morgan fingerprint density at radius 1 is 1.10 bits per heavy atom. The number of fused-ring (bicyclic) bond motifs is 3. The van der Waals surface area contributed by atoms with Crippen LogP contribution < -0.4 is 14.4 Å². The number of β-amino-alcohol motifs (C(OH)–C–C–N with tert-alkyl or cyclic N) is 1. The lowest BCUT2D eigenvalue weighted by Gasteiger charge is -2.46. The molecule has 2 saturated carbocycles. The zero-order valence-electron chi connectivity index (χ0n) is 29.4. The van der Waals surface area contributed by atoms with Gasteiger partial charge >= 0.3 is 6.01 Å². The quantitative estimate of drug-likeness (QED) is 0.214. The number of nitrogens with zero attached hydrogens (tertiary/aromatic N) is 5. The first kappa shape index (κ1) is 34.7. The van der Waals surface area contributed by atoms with Gasteiger partial charge in [-0.25, -0.2) is 13.8 Å². The number of aromatic hydroxyl groups is 1. The molecule has 11 nitrogen and oxygen atoms in total. The number of ether oxygens (including phenoxy) is 3. The lowest BCUT2D eigenvalue weighted by atomic mass is 9.75. The second-order valence-electron chi connectivity index (χ2n) is 15.1. The van der Waals surface area contributed by atoms with Gasteiger partial charge in [0.15, 0.2) is 5.82 Å². The molecule has 4 aromatic rings. The number of anilines is 1. The molecule has 2 aliphatic carbocycles. The van der Waals surface area contributed by atoms with Crippen molar-refractivity contribution in [1.29, 1.82) is 0 Å². The summed E-state index contributed by atoms with van der Waals surface area (Å²) < 4.78 is 50.4. The van der Waals surface area contributed by atoms with Crippen LogP contribution in [0.1, 0.15) is 57.4 Å². The predicted octanol–water partition coefficient (Wildman–Crippen LogP) is 4.94. The van der Waals surface area contributed by atoms with Crippen molar-refractivity contribution in [3.05, 3.63) is 41.5 Å². The van der Waals surface area contributed by atoms with Gasteiger partial charge < -0.3 is 34.4 Å². The number of hydrogen-bond acceptors (Lipinski definition) is 11. The molecule has 4 fully saturated rings. The van der Waals surface area contributed by atoms with Gasteiger partial charge in [-0.3, -0.25) is 4.90 Å². The summed E-state index contributed by atoms with van der Waals surface area (Å²) in [5, 5.41) is 32.8. The topological polar surface area (TPSA) is 134 Å². The molecule has 4 atom stereocenters. The van der Waals surface area contributed by atoms with Crippen molar-refractivity contribution in [3.8, 4) is 41.2 Å². The minimum absolute atomic E-state index is 0.0198. The number of terminal acetylenes is 1. The molecule has 2 saturated heterocycles. The number of aliphatic hydroxyl groups excluding tert-OH is 1. The van der Waals surface area contributed by atoms with Crippen molar-refractivity contribution in [2.45, 2.75) is 75.7 Å². The number of phenolic OH excluding ortho intramolecular Hbond substituents is 1. The number of likely N-dealkylation sites (tertiary alicyclic amines) is 1. The molecule has 4 heterocycles. The van der Waals surface area contributed by atoms with E-state index in [0.29, 0.717) is 24.1 Å². The summed E-state index contributed by atoms with van der Waals surface area (Å²) in [5.74, 6) is 0.705. The van der Waals surface area contributed by atoms with E-state index in [1.807, 2.05) is 0 Å². The average Bonchev–Trinajstić information content (AvgIpc) is 3.91. The van der Waals surface area contributed by atoms with Crippen LogP contribution in [0.15, 0.2) is 24.3 Å². The van der Waals surface area contributed by atoms with Gasteiger partial charge in [0.25, 0.3) is 0 Å². The molecular formula is C39H43F2N5O6. The van der Waals surface area contributed by atoms with Crippen LogP contribution in [-0.2, 0) is 4.74 Å². The minimum Gasteiger partial charge on any atom is -0.508 e. The number of hydrogen-bond donors (Lipinski definition) is 3. The Labute approximate surface area is 300 Å². The van der Waals surface area contributed by atoms with Gasteiger partial charge in [0.2, 0.25) is 5.88 Å². The van der Waals surface area contributed by atoms with E-state index in [-0.39, 0.29) is 88.3 Å². The van der Waals surface area contributed by atoms with E-state index in [9.17, 15) is 15.3 Å². The molecule has 274 valence electrons. The molecule has 8 rings (SSSR count). The molecule has 3 N–H and O–H groups in total. The Morgan fingerprint density at radius 3 is 2.65 bits per heavy atom. The van der Waals surface area contributed by atoms with Crippen molar-refractivity contribution in [3.63, 3.8) is 0 Å². The molecule has 13 heteroatoms. The number of piperidine rings is 1. The first-order valence-corrected chi connectivity index (χ1v) is 18.0. The number of phenols is 1. The lowest BCUT2D eigenvalue weighted by Crippen LogP contribution is -2.52. The Bertz CT molecular complexity index is 2090. The fourth-order valence-electron chi connectivity index (χ4n) is 8.86. The third-order valence-electron chi connectivity index (χ3n) is 11.3. The monoisotopic (exact) mass is 715 g/mol. The van der Waals surface area contributed by atoms with Gasteiger partial charge in [-0.05, 0) is 75.6 Å². The molecule has 2 aromatic heterocycles. The van der Waals surface area contributed by atoms with Crippen LogP contribution in [0.4, 0.5) is 14.6 Å². The Morgan fingerprint density at radius 2 is 1.90 bits per heavy atom. The highest BCUT2D eigenvalue weighted by molar-refractivity contribution is 6.04. The summed E-state index contributed by atoms with van der Waals surface area (Å²) in [6.07, 6.45) is 12.8. The molecule has 0 amide bonds. The molecule has 0 radical (unpaired) electrons. The van der Waals surface area contributed by atoms with Crippen molar-refractivity contribution in [2.75, 3.05) is 51.5 Å². The van der Waals surface area contributed by atoms with Gasteiger partial charge in [0.1, 0.15) is 39.6 Å². The van der Waals surface area contributed by atoms with Crippen LogP contribution in [0.3, 0.4) is 0 Å². The SMILES string of the molecule is C#Cc1c(F)ccc2cc(O)cc(-c3nc(OC)c4c(N5C[C@H](CO)OC[C@@](C)(O)C5)nc(OC[C@]56CCC[C@H]5N(C5CC5)CCC6)nc4c3F)c12. The maximum Gasteiger partial charge on any atom is 0.319 e. The largest absolute Gasteiger partial charge is 0.508 e. The van der Waals surface area contributed by atoms with Gasteiger partial charge in [-0.2, -0.15) is 9.97 Å². The van der Waals surface area contributed by atoms with Crippen molar-refractivity contribution >= 4 is 27.5 Å². The van der Waals surface area contributed by atoms with Crippen LogP contribution >= 0.6 is 0 Å². The van der Waals surface area contributed by atoms with Gasteiger partial charge in [0.05, 0.1) is 45.1 Å². The van der Waals surface area contributed by atoms with Crippen LogP contribution in [0.25, 0.3) is 32.9 Å². The molecule has 0 unspecified atom stereocenters. The van der Waals surface area contributed by atoms with Crippen molar-refractivity contribution in [2.24, 2.45) is 5.41 Å². The third kappa shape index (κ3) is 6.05. The van der Waals surface area contributed by atoms with Crippen molar-refractivity contribution in [1.82, 2.24) is 19.9 Å². The number of methoxy groups -OCH3 is 1. The molecule has 4 aliphatic rings. The number of pyridine rings is 1. The van der Waals surface area contributed by atoms with Crippen LogP contribution in [0.2, 0.25) is 0 Å². The average molecular weight is 716 g/mol. The fraction of sp³-hybridized carbons (Fsp3) is 0.513. The summed E-state index contributed by atoms with van der Waals surface area (Å²) in [6, 6.07) is 6.31. The van der Waals surface area contributed by atoms with Crippen LogP contribution in [0, 0.1) is 29.4 Å². The number of aromatic nitrogens is 3. The normalized spacial score (nSPS) is 26.7. The zero-order valence-corrected chi connectivity index (χ0v) is 29.4. The van der Waals surface area contributed by atoms with Crippen molar-refractivity contribution < 1.29 is 38.3 Å². The summed E-state index contributed by atoms with van der Waals surface area (Å²) in [6.45, 7) is 2.80.